The Bertz CT molecular complexity index is 398. The molecule has 1 aromatic heterocycles. The number of rotatable bonds is 2. The summed E-state index contributed by atoms with van der Waals surface area (Å²) in [5.74, 6) is 0. The molecule has 2 aliphatic rings. The smallest absolute Gasteiger partial charge is 0.321 e. The summed E-state index contributed by atoms with van der Waals surface area (Å²) >= 11 is 1.44. The fraction of sp³-hybridized carbons (Fsp3) is 0.667. The van der Waals surface area contributed by atoms with Crippen LogP contribution in [0.3, 0.4) is 0 Å². The van der Waals surface area contributed by atoms with Crippen molar-refractivity contribution >= 4 is 22.5 Å². The second-order valence-electron chi connectivity index (χ2n) is 5.12. The molecule has 4 nitrogen and oxygen atoms in total. The van der Waals surface area contributed by atoms with Crippen molar-refractivity contribution in [3.8, 4) is 0 Å². The van der Waals surface area contributed by atoms with Gasteiger partial charge < -0.3 is 5.32 Å². The molecule has 0 radical (unpaired) electrons. The number of nitrogens with zero attached hydrogens (tertiary/aromatic N) is 1. The number of urea groups is 1. The molecule has 3 rings (SSSR count). The highest BCUT2D eigenvalue weighted by Crippen LogP contribution is 2.56. The second kappa shape index (κ2) is 4.29. The van der Waals surface area contributed by atoms with Crippen molar-refractivity contribution in [3.05, 3.63) is 11.6 Å². The minimum atomic E-state index is -0.104. The first kappa shape index (κ1) is 11.0. The van der Waals surface area contributed by atoms with E-state index >= 15 is 0 Å². The molecule has 92 valence electrons. The standard InChI is InChI=1S/C12H17N3OS/c16-10(15-11-13-6-7-17-11)14-9-8-12(9)4-2-1-3-5-12/h6-7,9H,1-5,8H2,(H2,13,14,15,16). The average Bonchev–Trinajstić information content (AvgIpc) is 2.78. The third kappa shape index (κ3) is 2.29. The van der Waals surface area contributed by atoms with E-state index in [4.69, 9.17) is 0 Å². The number of hydrogen-bond acceptors (Lipinski definition) is 3. The number of carbonyl (C=O) groups excluding carboxylic acids is 1. The van der Waals surface area contributed by atoms with Gasteiger partial charge in [0.1, 0.15) is 0 Å². The summed E-state index contributed by atoms with van der Waals surface area (Å²) in [6, 6.07) is 0.287. The van der Waals surface area contributed by atoms with Gasteiger partial charge >= 0.3 is 6.03 Å². The Labute approximate surface area is 105 Å². The van der Waals surface area contributed by atoms with Crippen molar-refractivity contribution in [2.45, 2.75) is 44.6 Å². The van der Waals surface area contributed by atoms with Crippen molar-refractivity contribution in [2.75, 3.05) is 5.32 Å². The van der Waals surface area contributed by atoms with Gasteiger partial charge in [-0.25, -0.2) is 9.78 Å². The van der Waals surface area contributed by atoms with Gasteiger partial charge in [-0.15, -0.1) is 11.3 Å². The third-order valence-electron chi connectivity index (χ3n) is 4.00. The van der Waals surface area contributed by atoms with Gasteiger partial charge in [0.25, 0.3) is 0 Å². The Kier molecular flexibility index (Phi) is 2.78. The lowest BCUT2D eigenvalue weighted by Gasteiger charge is -2.22. The molecule has 0 aliphatic heterocycles. The number of carbonyl (C=O) groups is 1. The van der Waals surface area contributed by atoms with Gasteiger partial charge in [-0.2, -0.15) is 0 Å². The van der Waals surface area contributed by atoms with Crippen LogP contribution in [0.1, 0.15) is 38.5 Å². The first-order valence-corrected chi connectivity index (χ1v) is 7.14. The molecule has 2 fully saturated rings. The topological polar surface area (TPSA) is 54.0 Å². The van der Waals surface area contributed by atoms with Crippen molar-refractivity contribution < 1.29 is 4.79 Å². The first-order chi connectivity index (χ1) is 8.28. The number of aromatic nitrogens is 1. The van der Waals surface area contributed by atoms with E-state index in [1.54, 1.807) is 6.20 Å². The molecule has 2 aliphatic carbocycles. The lowest BCUT2D eigenvalue weighted by Crippen LogP contribution is -2.34. The predicted octanol–water partition coefficient (Wildman–Crippen LogP) is 2.99. The lowest BCUT2D eigenvalue weighted by atomic mass is 9.86. The zero-order valence-electron chi connectivity index (χ0n) is 9.74. The third-order valence-corrected chi connectivity index (χ3v) is 4.69. The lowest BCUT2D eigenvalue weighted by molar-refractivity contribution is 0.247. The first-order valence-electron chi connectivity index (χ1n) is 6.26. The van der Waals surface area contributed by atoms with Crippen LogP contribution in [0.5, 0.6) is 0 Å². The summed E-state index contributed by atoms with van der Waals surface area (Å²) in [6.45, 7) is 0. The van der Waals surface area contributed by atoms with E-state index in [-0.39, 0.29) is 6.03 Å². The minimum absolute atomic E-state index is 0.104. The maximum atomic E-state index is 11.7. The van der Waals surface area contributed by atoms with E-state index in [1.807, 2.05) is 5.38 Å². The van der Waals surface area contributed by atoms with E-state index in [9.17, 15) is 4.79 Å². The molecule has 0 saturated heterocycles. The fourth-order valence-corrected chi connectivity index (χ4v) is 3.46. The SMILES string of the molecule is O=C(Nc1nccs1)NC1CC12CCCCC2. The van der Waals surface area contributed by atoms with Gasteiger partial charge in [-0.1, -0.05) is 19.3 Å². The fourth-order valence-electron chi connectivity index (χ4n) is 2.94. The molecular formula is C12H17N3OS. The van der Waals surface area contributed by atoms with Crippen LogP contribution in [-0.2, 0) is 0 Å². The Hall–Kier alpha value is -1.10. The van der Waals surface area contributed by atoms with Crippen LogP contribution in [0.25, 0.3) is 0 Å². The van der Waals surface area contributed by atoms with Crippen LogP contribution in [0.15, 0.2) is 11.6 Å². The molecule has 0 aromatic carbocycles. The Morgan fingerprint density at radius 3 is 2.94 bits per heavy atom. The van der Waals surface area contributed by atoms with Crippen LogP contribution in [0, 0.1) is 5.41 Å². The Balaban J connectivity index is 1.50. The summed E-state index contributed by atoms with van der Waals surface area (Å²) < 4.78 is 0. The summed E-state index contributed by atoms with van der Waals surface area (Å²) in [4.78, 5) is 15.8. The molecule has 1 unspecified atom stereocenters. The zero-order chi connectivity index (χ0) is 11.7. The molecule has 1 aromatic rings. The van der Waals surface area contributed by atoms with E-state index in [0.29, 0.717) is 16.6 Å². The molecule has 1 atom stereocenters. The molecule has 1 spiro atoms. The summed E-state index contributed by atoms with van der Waals surface area (Å²) in [5, 5.41) is 8.37. The van der Waals surface area contributed by atoms with Crippen molar-refractivity contribution in [1.29, 1.82) is 0 Å². The van der Waals surface area contributed by atoms with Gasteiger partial charge in [0.05, 0.1) is 0 Å². The quantitative estimate of drug-likeness (QED) is 0.849. The van der Waals surface area contributed by atoms with Crippen molar-refractivity contribution in [3.63, 3.8) is 0 Å². The Morgan fingerprint density at radius 1 is 1.41 bits per heavy atom. The maximum absolute atomic E-state index is 11.7. The average molecular weight is 251 g/mol. The number of thiazole rings is 1. The second-order valence-corrected chi connectivity index (χ2v) is 6.01. The van der Waals surface area contributed by atoms with Gasteiger partial charge in [0.2, 0.25) is 0 Å². The summed E-state index contributed by atoms with van der Waals surface area (Å²) in [5.41, 5.74) is 0.443. The van der Waals surface area contributed by atoms with Crippen LogP contribution < -0.4 is 10.6 Å². The maximum Gasteiger partial charge on any atom is 0.321 e. The molecule has 5 heteroatoms. The summed E-state index contributed by atoms with van der Waals surface area (Å²) in [7, 11) is 0. The summed E-state index contributed by atoms with van der Waals surface area (Å²) in [6.07, 6.45) is 9.45. The van der Waals surface area contributed by atoms with Gasteiger partial charge in [0.15, 0.2) is 5.13 Å². The normalized spacial score (nSPS) is 25.5. The van der Waals surface area contributed by atoms with Crippen LogP contribution in [0.2, 0.25) is 0 Å². The van der Waals surface area contributed by atoms with Crippen LogP contribution in [0.4, 0.5) is 9.93 Å². The molecule has 1 heterocycles. The molecule has 0 bridgehead atoms. The molecule has 2 amide bonds. The van der Waals surface area contributed by atoms with Crippen LogP contribution >= 0.6 is 11.3 Å². The molecule has 2 N–H and O–H groups in total. The van der Waals surface area contributed by atoms with Crippen LogP contribution in [-0.4, -0.2) is 17.1 Å². The highest BCUT2D eigenvalue weighted by atomic mass is 32.1. The van der Waals surface area contributed by atoms with Crippen molar-refractivity contribution in [2.24, 2.45) is 5.41 Å². The molecule has 17 heavy (non-hydrogen) atoms. The van der Waals surface area contributed by atoms with Crippen molar-refractivity contribution in [1.82, 2.24) is 10.3 Å². The molecule has 2 saturated carbocycles. The number of anilines is 1. The van der Waals surface area contributed by atoms with E-state index in [0.717, 1.165) is 6.42 Å². The monoisotopic (exact) mass is 251 g/mol. The number of hydrogen-bond donors (Lipinski definition) is 2. The van der Waals surface area contributed by atoms with E-state index in [2.05, 4.69) is 15.6 Å². The van der Waals surface area contributed by atoms with E-state index in [1.165, 1.54) is 43.4 Å². The van der Waals surface area contributed by atoms with Gasteiger partial charge in [0, 0.05) is 17.6 Å². The van der Waals surface area contributed by atoms with E-state index < -0.39 is 0 Å². The molecular weight excluding hydrogens is 234 g/mol. The number of nitrogens with one attached hydrogen (secondary N) is 2. The van der Waals surface area contributed by atoms with Gasteiger partial charge in [-0.05, 0) is 24.7 Å². The highest BCUT2D eigenvalue weighted by Gasteiger charge is 2.54. The minimum Gasteiger partial charge on any atom is -0.334 e. The Morgan fingerprint density at radius 2 is 2.24 bits per heavy atom. The number of amides is 2. The largest absolute Gasteiger partial charge is 0.334 e. The zero-order valence-corrected chi connectivity index (χ0v) is 10.6. The highest BCUT2D eigenvalue weighted by molar-refractivity contribution is 7.13. The van der Waals surface area contributed by atoms with Gasteiger partial charge in [-0.3, -0.25) is 5.32 Å². The predicted molar refractivity (Wildman–Crippen MR) is 68.2 cm³/mol.